The number of anilines is 1. The first-order valence-electron chi connectivity index (χ1n) is 10.4. The van der Waals surface area contributed by atoms with E-state index in [1.165, 1.54) is 0 Å². The highest BCUT2D eigenvalue weighted by Crippen LogP contribution is 2.25. The zero-order valence-corrected chi connectivity index (χ0v) is 17.6. The maximum absolute atomic E-state index is 5.55. The summed E-state index contributed by atoms with van der Waals surface area (Å²) in [5.41, 5.74) is 4.29. The van der Waals surface area contributed by atoms with Gasteiger partial charge < -0.3 is 9.64 Å². The molecular weight excluding hydrogens is 402 g/mol. The Morgan fingerprint density at radius 1 is 1.03 bits per heavy atom. The first kappa shape index (κ1) is 19.9. The van der Waals surface area contributed by atoms with Crippen molar-refractivity contribution in [3.8, 4) is 17.1 Å². The van der Waals surface area contributed by atoms with E-state index in [0.29, 0.717) is 19.0 Å². The van der Waals surface area contributed by atoms with Gasteiger partial charge in [-0.3, -0.25) is 4.98 Å². The highest BCUT2D eigenvalue weighted by molar-refractivity contribution is 5.72. The molecule has 5 heterocycles. The zero-order valence-electron chi connectivity index (χ0n) is 17.6. The lowest BCUT2D eigenvalue weighted by Gasteiger charge is -2.29. The lowest BCUT2D eigenvalue weighted by atomic mass is 10.2. The Morgan fingerprint density at radius 2 is 1.84 bits per heavy atom. The van der Waals surface area contributed by atoms with Crippen LogP contribution in [0.1, 0.15) is 5.69 Å². The molecule has 1 saturated heterocycles. The third kappa shape index (κ3) is 3.72. The Kier molecular flexibility index (Phi) is 5.35. The van der Waals surface area contributed by atoms with Crippen LogP contribution in [0.5, 0.6) is 0 Å². The second kappa shape index (κ2) is 8.60. The van der Waals surface area contributed by atoms with Gasteiger partial charge in [0.2, 0.25) is 0 Å². The molecule has 160 valence electrons. The third-order valence-electron chi connectivity index (χ3n) is 5.34. The van der Waals surface area contributed by atoms with E-state index < -0.39 is 0 Å². The van der Waals surface area contributed by atoms with Crippen LogP contribution in [0.2, 0.25) is 0 Å². The second-order valence-electron chi connectivity index (χ2n) is 7.31. The summed E-state index contributed by atoms with van der Waals surface area (Å²) < 4.78 is 9.22. The van der Waals surface area contributed by atoms with Crippen LogP contribution in [-0.2, 0) is 4.74 Å². The molecule has 32 heavy (non-hydrogen) atoms. The second-order valence-corrected chi connectivity index (χ2v) is 7.31. The molecule has 0 saturated carbocycles. The number of ether oxygens (including phenoxy) is 1. The number of rotatable bonds is 6. The van der Waals surface area contributed by atoms with E-state index in [9.17, 15) is 0 Å². The van der Waals surface area contributed by atoms with Crippen molar-refractivity contribution in [3.05, 3.63) is 86.0 Å². The molecule has 8 heteroatoms. The van der Waals surface area contributed by atoms with E-state index >= 15 is 0 Å². The van der Waals surface area contributed by atoms with Gasteiger partial charge in [0.1, 0.15) is 5.82 Å². The largest absolute Gasteiger partial charge is 0.378 e. The van der Waals surface area contributed by atoms with Crippen LogP contribution in [0.15, 0.2) is 80.3 Å². The van der Waals surface area contributed by atoms with Crippen molar-refractivity contribution in [2.45, 2.75) is 0 Å². The van der Waals surface area contributed by atoms with Crippen molar-refractivity contribution in [2.75, 3.05) is 31.2 Å². The van der Waals surface area contributed by atoms with E-state index in [4.69, 9.17) is 19.9 Å². The number of pyridine rings is 1. The molecule has 0 aliphatic carbocycles. The van der Waals surface area contributed by atoms with Crippen molar-refractivity contribution in [1.29, 1.82) is 0 Å². The van der Waals surface area contributed by atoms with Crippen LogP contribution in [0, 0.1) is 0 Å². The summed E-state index contributed by atoms with van der Waals surface area (Å²) >= 11 is 0. The zero-order chi connectivity index (χ0) is 21.9. The monoisotopic (exact) mass is 425 g/mol. The number of fused-ring (bicyclic) bond motifs is 1. The molecule has 8 nitrogen and oxygen atoms in total. The Morgan fingerprint density at radius 3 is 2.59 bits per heavy atom. The summed E-state index contributed by atoms with van der Waals surface area (Å²) in [6.07, 6.45) is 10.8. The first-order valence-corrected chi connectivity index (χ1v) is 10.4. The summed E-state index contributed by atoms with van der Waals surface area (Å²) in [4.78, 5) is 11.2. The Labute approximate surface area is 185 Å². The van der Waals surface area contributed by atoms with Gasteiger partial charge in [-0.15, -0.1) is 0 Å². The summed E-state index contributed by atoms with van der Waals surface area (Å²) in [7, 11) is 0. The lowest BCUT2D eigenvalue weighted by molar-refractivity contribution is 0.122. The quantitative estimate of drug-likeness (QED) is 0.440. The van der Waals surface area contributed by atoms with Crippen molar-refractivity contribution in [1.82, 2.24) is 29.4 Å². The van der Waals surface area contributed by atoms with E-state index in [1.54, 1.807) is 29.2 Å². The summed E-state index contributed by atoms with van der Waals surface area (Å²) in [5.74, 6) is 1.67. The maximum Gasteiger partial charge on any atom is 0.160 e. The first-order chi connectivity index (χ1) is 15.8. The van der Waals surface area contributed by atoms with Crippen molar-refractivity contribution in [2.24, 2.45) is 0 Å². The van der Waals surface area contributed by atoms with Gasteiger partial charge in [-0.1, -0.05) is 31.4 Å². The summed E-state index contributed by atoms with van der Waals surface area (Å²) in [6.45, 7) is 10.6. The minimum Gasteiger partial charge on any atom is -0.378 e. The van der Waals surface area contributed by atoms with Gasteiger partial charge in [0, 0.05) is 54.9 Å². The molecule has 4 aromatic heterocycles. The molecule has 1 aliphatic heterocycles. The van der Waals surface area contributed by atoms with E-state index in [-0.39, 0.29) is 0 Å². The molecule has 0 spiro atoms. The van der Waals surface area contributed by atoms with Crippen molar-refractivity contribution in [3.63, 3.8) is 0 Å². The van der Waals surface area contributed by atoms with Gasteiger partial charge in [0.25, 0.3) is 0 Å². The maximum atomic E-state index is 5.55. The molecule has 0 unspecified atom stereocenters. The molecule has 1 aliphatic rings. The number of hydrogen-bond acceptors (Lipinski definition) is 6. The third-order valence-corrected chi connectivity index (χ3v) is 5.34. The fourth-order valence-corrected chi connectivity index (χ4v) is 3.73. The van der Waals surface area contributed by atoms with Gasteiger partial charge >= 0.3 is 0 Å². The van der Waals surface area contributed by atoms with Gasteiger partial charge in [0.05, 0.1) is 24.6 Å². The Hall–Kier alpha value is -4.04. The molecule has 0 bridgehead atoms. The summed E-state index contributed by atoms with van der Waals surface area (Å²) in [6, 6.07) is 9.83. The fraction of sp³-hybridized carbons (Fsp3) is 0.167. The highest BCUT2D eigenvalue weighted by Gasteiger charge is 2.19. The molecule has 0 N–H and O–H groups in total. The van der Waals surface area contributed by atoms with Crippen LogP contribution in [-0.4, -0.2) is 55.7 Å². The van der Waals surface area contributed by atoms with Crippen molar-refractivity contribution < 1.29 is 4.74 Å². The van der Waals surface area contributed by atoms with Gasteiger partial charge in [0.15, 0.2) is 11.5 Å². The van der Waals surface area contributed by atoms with E-state index in [2.05, 4.69) is 23.0 Å². The average molecular weight is 425 g/mol. The molecular formula is C24H23N7O. The molecule has 0 atom stereocenters. The van der Waals surface area contributed by atoms with Gasteiger partial charge in [-0.05, 0) is 18.2 Å². The van der Waals surface area contributed by atoms with E-state index in [1.807, 2.05) is 47.1 Å². The molecule has 0 aromatic carbocycles. The minimum absolute atomic E-state index is 0.679. The van der Waals surface area contributed by atoms with E-state index in [0.717, 1.165) is 47.1 Å². The standard InChI is InChI=1S/C24H23N7O/c1-3-5-18(4-2)20-8-11-30(27-20)22-17-24(29-12-14-32-15-13-29)31-23(26-22)16-21(28-31)19-6-9-25-10-7-19/h3-11,16-17H,1-2,12-15H2/b18-5+. The molecule has 0 radical (unpaired) electrons. The average Bonchev–Trinajstić information content (AvgIpc) is 3.50. The number of allylic oxidation sites excluding steroid dienone is 4. The SMILES string of the molecule is C=C/C=C(\C=C)c1ccn(-c2cc(N3CCOCC3)n3nc(-c4ccncc4)cc3n2)n1. The molecule has 1 fully saturated rings. The van der Waals surface area contributed by atoms with Crippen LogP contribution in [0.25, 0.3) is 28.3 Å². The van der Waals surface area contributed by atoms with Crippen LogP contribution in [0.3, 0.4) is 0 Å². The summed E-state index contributed by atoms with van der Waals surface area (Å²) in [5, 5.41) is 9.56. The lowest BCUT2D eigenvalue weighted by Crippen LogP contribution is -2.37. The smallest absolute Gasteiger partial charge is 0.160 e. The fourth-order valence-electron chi connectivity index (χ4n) is 3.73. The molecule has 4 aromatic rings. The van der Waals surface area contributed by atoms with Crippen LogP contribution in [0.4, 0.5) is 5.82 Å². The number of morpholine rings is 1. The normalized spacial score (nSPS) is 14.6. The topological polar surface area (TPSA) is 73.4 Å². The minimum atomic E-state index is 0.679. The van der Waals surface area contributed by atoms with Gasteiger partial charge in [-0.2, -0.15) is 14.7 Å². The van der Waals surface area contributed by atoms with Crippen LogP contribution >= 0.6 is 0 Å². The Balaban J connectivity index is 1.64. The van der Waals surface area contributed by atoms with Gasteiger partial charge in [-0.25, -0.2) is 9.67 Å². The highest BCUT2D eigenvalue weighted by atomic mass is 16.5. The Bertz CT molecular complexity index is 1300. The predicted octanol–water partition coefficient (Wildman–Crippen LogP) is 3.57. The number of aromatic nitrogens is 6. The molecule has 0 amide bonds. The molecule has 5 rings (SSSR count). The number of hydrogen-bond donors (Lipinski definition) is 0. The predicted molar refractivity (Wildman–Crippen MR) is 125 cm³/mol. The van der Waals surface area contributed by atoms with Crippen molar-refractivity contribution >= 4 is 17.0 Å². The van der Waals surface area contributed by atoms with Crippen LogP contribution < -0.4 is 4.90 Å². The number of nitrogens with zero attached hydrogens (tertiary/aromatic N) is 7.